The molecule has 3 atom stereocenters. The molecule has 3 N–H and O–H groups in total. The van der Waals surface area contributed by atoms with E-state index in [0.717, 1.165) is 0 Å². The summed E-state index contributed by atoms with van der Waals surface area (Å²) in [4.78, 5) is 0. The fourth-order valence-corrected chi connectivity index (χ4v) is 0.750. The van der Waals surface area contributed by atoms with Crippen molar-refractivity contribution < 1.29 is 20.1 Å². The van der Waals surface area contributed by atoms with Gasteiger partial charge in [0.2, 0.25) is 11.6 Å². The summed E-state index contributed by atoms with van der Waals surface area (Å²) in [6.07, 6.45) is -1.06. The van der Waals surface area contributed by atoms with Crippen LogP contribution in [0.3, 0.4) is 0 Å². The van der Waals surface area contributed by atoms with E-state index in [2.05, 4.69) is 4.74 Å². The SMILES string of the molecule is CC(O)C1(O)OC1(C)O. The van der Waals surface area contributed by atoms with Crippen molar-refractivity contribution in [2.45, 2.75) is 31.5 Å². The maximum atomic E-state index is 9.01. The predicted octanol–water partition coefficient (Wildman–Crippen LogP) is -1.21. The van der Waals surface area contributed by atoms with Gasteiger partial charge in [-0.3, -0.25) is 0 Å². The molecular formula is C5H10O4. The van der Waals surface area contributed by atoms with E-state index < -0.39 is 17.7 Å². The molecule has 0 saturated carbocycles. The minimum Gasteiger partial charge on any atom is -0.388 e. The molecule has 1 rings (SSSR count). The Morgan fingerprint density at radius 2 is 1.78 bits per heavy atom. The van der Waals surface area contributed by atoms with Gasteiger partial charge >= 0.3 is 0 Å². The van der Waals surface area contributed by atoms with E-state index in [4.69, 9.17) is 15.3 Å². The van der Waals surface area contributed by atoms with Crippen molar-refractivity contribution in [3.8, 4) is 0 Å². The Labute approximate surface area is 52.7 Å². The molecule has 1 heterocycles. The zero-order valence-corrected chi connectivity index (χ0v) is 5.33. The van der Waals surface area contributed by atoms with Gasteiger partial charge in [-0.1, -0.05) is 0 Å². The van der Waals surface area contributed by atoms with Gasteiger partial charge < -0.3 is 20.1 Å². The molecule has 9 heavy (non-hydrogen) atoms. The van der Waals surface area contributed by atoms with Crippen LogP contribution in [0, 0.1) is 0 Å². The van der Waals surface area contributed by atoms with Crippen LogP contribution < -0.4 is 0 Å². The Morgan fingerprint density at radius 1 is 1.44 bits per heavy atom. The maximum Gasteiger partial charge on any atom is 0.250 e. The van der Waals surface area contributed by atoms with Gasteiger partial charge in [-0.05, 0) is 13.8 Å². The highest BCUT2D eigenvalue weighted by Gasteiger charge is 2.69. The summed E-state index contributed by atoms with van der Waals surface area (Å²) in [7, 11) is 0. The van der Waals surface area contributed by atoms with Crippen molar-refractivity contribution in [3.63, 3.8) is 0 Å². The van der Waals surface area contributed by atoms with Crippen molar-refractivity contribution >= 4 is 0 Å². The van der Waals surface area contributed by atoms with Crippen LogP contribution in [0.1, 0.15) is 13.8 Å². The molecule has 0 aliphatic carbocycles. The van der Waals surface area contributed by atoms with Crippen molar-refractivity contribution in [2.24, 2.45) is 0 Å². The highest BCUT2D eigenvalue weighted by Crippen LogP contribution is 2.45. The highest BCUT2D eigenvalue weighted by atomic mass is 16.8. The number of epoxide rings is 1. The summed E-state index contributed by atoms with van der Waals surface area (Å²) in [6.45, 7) is 2.64. The van der Waals surface area contributed by atoms with Crippen LogP contribution in [0.5, 0.6) is 0 Å². The molecule has 4 nitrogen and oxygen atoms in total. The minimum absolute atomic E-state index is 1.06. The average molecular weight is 134 g/mol. The molecule has 1 saturated heterocycles. The summed E-state index contributed by atoms with van der Waals surface area (Å²) < 4.78 is 4.41. The molecule has 0 aromatic carbocycles. The lowest BCUT2D eigenvalue weighted by molar-refractivity contribution is -0.0690. The second-order valence-corrected chi connectivity index (χ2v) is 2.46. The van der Waals surface area contributed by atoms with Gasteiger partial charge in [-0.15, -0.1) is 0 Å². The number of aliphatic hydroxyl groups is 3. The first-order chi connectivity index (χ1) is 3.90. The molecule has 1 aliphatic heterocycles. The van der Waals surface area contributed by atoms with Crippen molar-refractivity contribution in [3.05, 3.63) is 0 Å². The quantitative estimate of drug-likeness (QED) is 0.394. The van der Waals surface area contributed by atoms with E-state index in [1.807, 2.05) is 0 Å². The summed E-state index contributed by atoms with van der Waals surface area (Å²) in [5.74, 6) is -3.31. The topological polar surface area (TPSA) is 73.2 Å². The van der Waals surface area contributed by atoms with Crippen LogP contribution in [-0.2, 0) is 4.74 Å². The van der Waals surface area contributed by atoms with E-state index in [9.17, 15) is 0 Å². The van der Waals surface area contributed by atoms with Crippen LogP contribution in [0.25, 0.3) is 0 Å². The van der Waals surface area contributed by atoms with Gasteiger partial charge in [0, 0.05) is 0 Å². The fraction of sp³-hybridized carbons (Fsp3) is 1.00. The molecule has 0 aromatic rings. The lowest BCUT2D eigenvalue weighted by Gasteiger charge is -2.08. The van der Waals surface area contributed by atoms with Gasteiger partial charge in [0.15, 0.2) is 0 Å². The van der Waals surface area contributed by atoms with E-state index in [0.29, 0.717) is 0 Å². The smallest absolute Gasteiger partial charge is 0.250 e. The molecular weight excluding hydrogens is 124 g/mol. The Hall–Kier alpha value is -0.160. The average Bonchev–Trinajstić information content (AvgIpc) is 2.08. The van der Waals surface area contributed by atoms with E-state index in [1.54, 1.807) is 0 Å². The normalized spacial score (nSPS) is 53.0. The number of ether oxygens (including phenoxy) is 1. The second kappa shape index (κ2) is 1.46. The summed E-state index contributed by atoms with van der Waals surface area (Å²) >= 11 is 0. The molecule has 0 aromatic heterocycles. The molecule has 4 heteroatoms. The monoisotopic (exact) mass is 134 g/mol. The van der Waals surface area contributed by atoms with Gasteiger partial charge in [-0.25, -0.2) is 0 Å². The zero-order valence-electron chi connectivity index (χ0n) is 5.33. The van der Waals surface area contributed by atoms with Gasteiger partial charge in [-0.2, -0.15) is 0 Å². The second-order valence-electron chi connectivity index (χ2n) is 2.46. The number of hydrogen-bond acceptors (Lipinski definition) is 4. The molecule has 0 spiro atoms. The maximum absolute atomic E-state index is 9.01. The van der Waals surface area contributed by atoms with Crippen LogP contribution in [0.15, 0.2) is 0 Å². The first-order valence-corrected chi connectivity index (χ1v) is 2.73. The van der Waals surface area contributed by atoms with Crippen LogP contribution in [0.2, 0.25) is 0 Å². The first-order valence-electron chi connectivity index (χ1n) is 2.73. The van der Waals surface area contributed by atoms with E-state index >= 15 is 0 Å². The summed E-state index contributed by atoms with van der Waals surface area (Å²) in [5.41, 5.74) is 0. The third-order valence-electron chi connectivity index (χ3n) is 1.54. The molecule has 54 valence electrons. The summed E-state index contributed by atoms with van der Waals surface area (Å²) in [5, 5.41) is 26.7. The van der Waals surface area contributed by atoms with Crippen molar-refractivity contribution in [2.75, 3.05) is 0 Å². The fourth-order valence-electron chi connectivity index (χ4n) is 0.750. The highest BCUT2D eigenvalue weighted by molar-refractivity contribution is 5.00. The minimum atomic E-state index is -1.74. The molecule has 0 amide bonds. The third kappa shape index (κ3) is 0.753. The Balaban J connectivity index is 2.63. The van der Waals surface area contributed by atoms with Gasteiger partial charge in [0.25, 0.3) is 0 Å². The van der Waals surface area contributed by atoms with Crippen molar-refractivity contribution in [1.29, 1.82) is 0 Å². The van der Waals surface area contributed by atoms with E-state index in [1.165, 1.54) is 13.8 Å². The van der Waals surface area contributed by atoms with Gasteiger partial charge in [0.1, 0.15) is 6.10 Å². The largest absolute Gasteiger partial charge is 0.388 e. The molecule has 0 bridgehead atoms. The standard InChI is InChI=1S/C5H10O4/c1-3(6)5(8)4(2,7)9-5/h3,6-8H,1-2H3. The van der Waals surface area contributed by atoms with E-state index in [-0.39, 0.29) is 0 Å². The molecule has 0 radical (unpaired) electrons. The van der Waals surface area contributed by atoms with Gasteiger partial charge in [0.05, 0.1) is 0 Å². The van der Waals surface area contributed by atoms with Crippen LogP contribution in [0.4, 0.5) is 0 Å². The Bertz CT molecular complexity index is 131. The lowest BCUT2D eigenvalue weighted by atomic mass is 10.1. The van der Waals surface area contributed by atoms with Crippen LogP contribution in [-0.4, -0.2) is 33.0 Å². The lowest BCUT2D eigenvalue weighted by Crippen LogP contribution is -2.33. The Morgan fingerprint density at radius 3 is 1.78 bits per heavy atom. The van der Waals surface area contributed by atoms with Crippen LogP contribution >= 0.6 is 0 Å². The molecule has 3 unspecified atom stereocenters. The predicted molar refractivity (Wildman–Crippen MR) is 28.3 cm³/mol. The Kier molecular flexibility index (Phi) is 1.13. The molecule has 1 aliphatic rings. The number of hydrogen-bond donors (Lipinski definition) is 3. The first kappa shape index (κ1) is 6.95. The molecule has 1 fully saturated rings. The third-order valence-corrected chi connectivity index (χ3v) is 1.54. The number of rotatable bonds is 1. The summed E-state index contributed by atoms with van der Waals surface area (Å²) in [6, 6.07) is 0. The zero-order chi connectivity index (χ0) is 7.28. The number of aliphatic hydroxyl groups excluding tert-OH is 1. The van der Waals surface area contributed by atoms with Crippen molar-refractivity contribution in [1.82, 2.24) is 0 Å².